The number of aromatic amines is 1. The van der Waals surface area contributed by atoms with Gasteiger partial charge >= 0.3 is 0 Å². The molecule has 1 aromatic heterocycles. The molecule has 0 radical (unpaired) electrons. The molecule has 0 fully saturated rings. The number of nitrogens with zero attached hydrogens (tertiary/aromatic N) is 1. The lowest BCUT2D eigenvalue weighted by Gasteiger charge is -2.25. The molecule has 0 amide bonds. The number of rotatable bonds is 3. The first-order valence-electron chi connectivity index (χ1n) is 8.26. The Morgan fingerprint density at radius 3 is 2.55 bits per heavy atom. The molecule has 20 heavy (non-hydrogen) atoms. The van der Waals surface area contributed by atoms with Crippen molar-refractivity contribution < 1.29 is 0 Å². The summed E-state index contributed by atoms with van der Waals surface area (Å²) < 4.78 is 0. The van der Waals surface area contributed by atoms with Crippen LogP contribution in [-0.2, 0) is 12.8 Å². The monoisotopic (exact) mass is 274 g/mol. The number of allylic oxidation sites excluding steroid dienone is 2. The smallest absolute Gasteiger partial charge is 0.0682 e. The summed E-state index contributed by atoms with van der Waals surface area (Å²) in [5.41, 5.74) is 5.87. The molecule has 1 atom stereocenters. The van der Waals surface area contributed by atoms with Crippen molar-refractivity contribution in [3.63, 3.8) is 0 Å². The van der Waals surface area contributed by atoms with E-state index in [-0.39, 0.29) is 0 Å². The predicted molar refractivity (Wildman–Crippen MR) is 86.0 cm³/mol. The van der Waals surface area contributed by atoms with Crippen molar-refractivity contribution in [2.24, 2.45) is 11.8 Å². The van der Waals surface area contributed by atoms with E-state index >= 15 is 0 Å². The van der Waals surface area contributed by atoms with Crippen molar-refractivity contribution >= 4 is 0 Å². The lowest BCUT2D eigenvalue weighted by molar-refractivity contribution is 0.446. The Balaban J connectivity index is 2.16. The number of hydrogen-bond donors (Lipinski definition) is 1. The van der Waals surface area contributed by atoms with Gasteiger partial charge in [0.2, 0.25) is 0 Å². The number of aromatic nitrogens is 2. The molecule has 2 nitrogen and oxygen atoms in total. The van der Waals surface area contributed by atoms with E-state index < -0.39 is 0 Å². The predicted octanol–water partition coefficient (Wildman–Crippen LogP) is 5.02. The Bertz CT molecular complexity index is 466. The largest absolute Gasteiger partial charge is 0.282 e. The molecule has 0 aromatic carbocycles. The van der Waals surface area contributed by atoms with E-state index in [9.17, 15) is 0 Å². The zero-order valence-corrected chi connectivity index (χ0v) is 13.8. The minimum absolute atomic E-state index is 0.534. The SMILES string of the molecule is CC=C(C(C)C)C1CCCc2c(C(C)C)n[nH]c2CC1. The third-order valence-corrected chi connectivity index (χ3v) is 4.73. The van der Waals surface area contributed by atoms with E-state index in [1.165, 1.54) is 42.6 Å². The standard InChI is InChI=1S/C18H30N2/c1-6-15(12(2)3)14-8-7-9-16-17(11-10-14)19-20-18(16)13(4)5/h6,12-14H,7-11H2,1-5H3,(H,19,20). The number of nitrogens with one attached hydrogen (secondary N) is 1. The minimum Gasteiger partial charge on any atom is -0.282 e. The van der Waals surface area contributed by atoms with Crippen LogP contribution in [0.5, 0.6) is 0 Å². The topological polar surface area (TPSA) is 28.7 Å². The molecular formula is C18H30N2. The van der Waals surface area contributed by atoms with Crippen LogP contribution in [0.3, 0.4) is 0 Å². The van der Waals surface area contributed by atoms with Gasteiger partial charge < -0.3 is 0 Å². The first kappa shape index (κ1) is 15.3. The minimum atomic E-state index is 0.534. The molecule has 2 heteroatoms. The molecule has 1 aromatic rings. The summed E-state index contributed by atoms with van der Waals surface area (Å²) in [4.78, 5) is 0. The molecular weight excluding hydrogens is 244 g/mol. The van der Waals surface area contributed by atoms with Crippen LogP contribution in [0.25, 0.3) is 0 Å². The van der Waals surface area contributed by atoms with Crippen molar-refractivity contribution in [3.05, 3.63) is 28.6 Å². The maximum absolute atomic E-state index is 4.57. The van der Waals surface area contributed by atoms with Crippen LogP contribution in [-0.4, -0.2) is 10.2 Å². The van der Waals surface area contributed by atoms with E-state index in [1.54, 1.807) is 5.57 Å². The first-order valence-corrected chi connectivity index (χ1v) is 8.26. The normalized spacial score (nSPS) is 20.9. The lowest BCUT2D eigenvalue weighted by Crippen LogP contribution is -2.14. The third-order valence-electron chi connectivity index (χ3n) is 4.73. The molecule has 112 valence electrons. The van der Waals surface area contributed by atoms with E-state index in [2.05, 4.69) is 50.9 Å². The van der Waals surface area contributed by atoms with Crippen molar-refractivity contribution in [1.82, 2.24) is 10.2 Å². The Labute approximate surface area is 124 Å². The average Bonchev–Trinajstić information content (AvgIpc) is 2.74. The fourth-order valence-electron chi connectivity index (χ4n) is 3.74. The van der Waals surface area contributed by atoms with Crippen molar-refractivity contribution in [2.45, 2.75) is 72.6 Å². The summed E-state index contributed by atoms with van der Waals surface area (Å²) in [6.45, 7) is 11.3. The van der Waals surface area contributed by atoms with Crippen molar-refractivity contribution in [3.8, 4) is 0 Å². The highest BCUT2D eigenvalue weighted by Gasteiger charge is 2.22. The van der Waals surface area contributed by atoms with Crippen LogP contribution in [0.15, 0.2) is 11.6 Å². The van der Waals surface area contributed by atoms with Crippen LogP contribution in [0.2, 0.25) is 0 Å². The number of hydrogen-bond acceptors (Lipinski definition) is 1. The van der Waals surface area contributed by atoms with Gasteiger partial charge in [-0.1, -0.05) is 39.3 Å². The number of H-pyrrole nitrogens is 1. The fraction of sp³-hybridized carbons (Fsp3) is 0.722. The molecule has 0 saturated carbocycles. The average molecular weight is 274 g/mol. The molecule has 1 aliphatic rings. The maximum Gasteiger partial charge on any atom is 0.0682 e. The maximum atomic E-state index is 4.57. The highest BCUT2D eigenvalue weighted by Crippen LogP contribution is 2.33. The fourth-order valence-corrected chi connectivity index (χ4v) is 3.74. The molecule has 1 aliphatic carbocycles. The van der Waals surface area contributed by atoms with Gasteiger partial charge in [-0.25, -0.2) is 0 Å². The van der Waals surface area contributed by atoms with Gasteiger partial charge in [0.05, 0.1) is 5.69 Å². The third kappa shape index (κ3) is 3.16. The Kier molecular flexibility index (Phi) is 5.06. The van der Waals surface area contributed by atoms with E-state index in [0.717, 1.165) is 12.3 Å². The zero-order chi connectivity index (χ0) is 14.7. The molecule has 0 bridgehead atoms. The van der Waals surface area contributed by atoms with Crippen LogP contribution < -0.4 is 0 Å². The summed E-state index contributed by atoms with van der Waals surface area (Å²) in [6, 6.07) is 0. The second-order valence-corrected chi connectivity index (χ2v) is 6.79. The van der Waals surface area contributed by atoms with Gasteiger partial charge in [-0.15, -0.1) is 0 Å². The summed E-state index contributed by atoms with van der Waals surface area (Å²) in [6.07, 6.45) is 8.60. The number of fused-ring (bicyclic) bond motifs is 1. The molecule has 1 heterocycles. The summed E-state index contributed by atoms with van der Waals surface area (Å²) >= 11 is 0. The van der Waals surface area contributed by atoms with Crippen molar-refractivity contribution in [1.29, 1.82) is 0 Å². The van der Waals surface area contributed by atoms with Crippen LogP contribution in [0.1, 0.15) is 76.8 Å². The second kappa shape index (κ2) is 6.60. The summed E-state index contributed by atoms with van der Waals surface area (Å²) in [5, 5.41) is 7.88. The van der Waals surface area contributed by atoms with Gasteiger partial charge in [0.1, 0.15) is 0 Å². The molecule has 1 unspecified atom stereocenters. The Morgan fingerprint density at radius 1 is 1.20 bits per heavy atom. The van der Waals surface area contributed by atoms with Gasteiger partial charge in [0.25, 0.3) is 0 Å². The van der Waals surface area contributed by atoms with Crippen LogP contribution >= 0.6 is 0 Å². The van der Waals surface area contributed by atoms with Gasteiger partial charge in [0.15, 0.2) is 0 Å². The van der Waals surface area contributed by atoms with E-state index in [0.29, 0.717) is 11.8 Å². The highest BCUT2D eigenvalue weighted by molar-refractivity contribution is 5.29. The van der Waals surface area contributed by atoms with E-state index in [1.807, 2.05) is 0 Å². The first-order chi connectivity index (χ1) is 9.54. The van der Waals surface area contributed by atoms with E-state index in [4.69, 9.17) is 0 Å². The van der Waals surface area contributed by atoms with Gasteiger partial charge in [-0.05, 0) is 62.3 Å². The van der Waals surface area contributed by atoms with Crippen LogP contribution in [0, 0.1) is 11.8 Å². The quantitative estimate of drug-likeness (QED) is 0.770. The van der Waals surface area contributed by atoms with Gasteiger partial charge in [-0.2, -0.15) is 5.10 Å². The van der Waals surface area contributed by atoms with Crippen molar-refractivity contribution in [2.75, 3.05) is 0 Å². The molecule has 2 rings (SSSR count). The molecule has 1 N–H and O–H groups in total. The molecule has 0 saturated heterocycles. The Hall–Kier alpha value is -1.05. The molecule has 0 spiro atoms. The zero-order valence-electron chi connectivity index (χ0n) is 13.8. The lowest BCUT2D eigenvalue weighted by atomic mass is 9.80. The summed E-state index contributed by atoms with van der Waals surface area (Å²) in [5.74, 6) is 1.97. The number of aryl methyl sites for hydroxylation is 1. The molecule has 0 aliphatic heterocycles. The van der Waals surface area contributed by atoms with Gasteiger partial charge in [0, 0.05) is 5.69 Å². The second-order valence-electron chi connectivity index (χ2n) is 6.79. The van der Waals surface area contributed by atoms with Gasteiger partial charge in [-0.3, -0.25) is 5.10 Å². The van der Waals surface area contributed by atoms with Crippen LogP contribution in [0.4, 0.5) is 0 Å². The Morgan fingerprint density at radius 2 is 1.95 bits per heavy atom. The highest BCUT2D eigenvalue weighted by atomic mass is 15.1. The summed E-state index contributed by atoms with van der Waals surface area (Å²) in [7, 11) is 0.